The van der Waals surface area contributed by atoms with Gasteiger partial charge in [-0.15, -0.1) is 21.5 Å². The maximum absolute atomic E-state index is 12.7. The van der Waals surface area contributed by atoms with Crippen molar-refractivity contribution in [1.82, 2.24) is 14.5 Å². The highest BCUT2D eigenvalue weighted by molar-refractivity contribution is 7.92. The largest absolute Gasteiger partial charge is 0.420 e. The van der Waals surface area contributed by atoms with E-state index in [4.69, 9.17) is 4.42 Å². The Morgan fingerprint density at radius 2 is 2.00 bits per heavy atom. The normalized spacial score (nSPS) is 18.9. The van der Waals surface area contributed by atoms with E-state index in [9.17, 15) is 8.42 Å². The molecule has 1 aliphatic heterocycles. The first kappa shape index (κ1) is 18.1. The van der Waals surface area contributed by atoms with Crippen molar-refractivity contribution in [2.75, 3.05) is 13.1 Å². The van der Waals surface area contributed by atoms with E-state index in [1.165, 1.54) is 21.1 Å². The summed E-state index contributed by atoms with van der Waals surface area (Å²) in [6.07, 6.45) is 3.22. The van der Waals surface area contributed by atoms with Gasteiger partial charge in [0.05, 0.1) is 10.8 Å². The van der Waals surface area contributed by atoms with Crippen molar-refractivity contribution in [2.24, 2.45) is 0 Å². The van der Waals surface area contributed by atoms with Crippen LogP contribution in [0.5, 0.6) is 0 Å². The Balaban J connectivity index is 1.48. The van der Waals surface area contributed by atoms with Gasteiger partial charge in [0.2, 0.25) is 15.9 Å². The van der Waals surface area contributed by atoms with Crippen LogP contribution in [0.25, 0.3) is 16.8 Å². The average Bonchev–Trinajstić information content (AvgIpc) is 3.39. The van der Waals surface area contributed by atoms with Crippen molar-refractivity contribution < 1.29 is 12.8 Å². The lowest BCUT2D eigenvalue weighted by molar-refractivity contribution is 0.288. The van der Waals surface area contributed by atoms with Gasteiger partial charge in [0.1, 0.15) is 0 Å². The van der Waals surface area contributed by atoms with E-state index in [0.29, 0.717) is 24.9 Å². The second kappa shape index (κ2) is 7.75. The Bertz CT molecular complexity index is 1010. The molecule has 1 aromatic carbocycles. The molecule has 0 unspecified atom stereocenters. The fraction of sp³-hybridized carbons (Fsp3) is 0.263. The number of hydrogen-bond donors (Lipinski definition) is 0. The van der Waals surface area contributed by atoms with Gasteiger partial charge in [-0.2, -0.15) is 4.31 Å². The second-order valence-corrected chi connectivity index (χ2v) is 9.14. The molecule has 3 heterocycles. The van der Waals surface area contributed by atoms with E-state index >= 15 is 0 Å². The Hall–Kier alpha value is -2.29. The molecule has 4 rings (SSSR count). The molecule has 27 heavy (non-hydrogen) atoms. The zero-order valence-corrected chi connectivity index (χ0v) is 16.2. The van der Waals surface area contributed by atoms with Crippen LogP contribution in [0.15, 0.2) is 57.7 Å². The number of nitrogens with zero attached hydrogens (tertiary/aromatic N) is 3. The monoisotopic (exact) mass is 401 g/mol. The van der Waals surface area contributed by atoms with Crippen LogP contribution in [-0.4, -0.2) is 36.0 Å². The minimum atomic E-state index is -3.49. The number of thiophene rings is 1. The molecule has 0 aliphatic carbocycles. The maximum Gasteiger partial charge on any atom is 0.257 e. The van der Waals surface area contributed by atoms with Crippen molar-refractivity contribution in [1.29, 1.82) is 0 Å². The minimum Gasteiger partial charge on any atom is -0.420 e. The Morgan fingerprint density at radius 1 is 1.15 bits per heavy atom. The van der Waals surface area contributed by atoms with E-state index in [1.54, 1.807) is 6.08 Å². The first-order valence-electron chi connectivity index (χ1n) is 8.72. The molecule has 1 saturated heterocycles. The van der Waals surface area contributed by atoms with Crippen LogP contribution < -0.4 is 0 Å². The van der Waals surface area contributed by atoms with Crippen LogP contribution in [0.4, 0.5) is 0 Å². The highest BCUT2D eigenvalue weighted by Gasteiger charge is 2.31. The summed E-state index contributed by atoms with van der Waals surface area (Å²) in [4.78, 5) is 0.917. The smallest absolute Gasteiger partial charge is 0.257 e. The van der Waals surface area contributed by atoms with E-state index in [2.05, 4.69) is 10.2 Å². The van der Waals surface area contributed by atoms with Crippen LogP contribution in [0.2, 0.25) is 0 Å². The van der Waals surface area contributed by atoms with Gasteiger partial charge in [-0.05, 0) is 35.9 Å². The summed E-state index contributed by atoms with van der Waals surface area (Å²) < 4.78 is 32.7. The number of hydrogen-bond acceptors (Lipinski definition) is 6. The van der Waals surface area contributed by atoms with Gasteiger partial charge in [0.15, 0.2) is 0 Å². The highest BCUT2D eigenvalue weighted by Crippen LogP contribution is 2.31. The summed E-state index contributed by atoms with van der Waals surface area (Å²) in [6.45, 7) is 0.859. The predicted octanol–water partition coefficient (Wildman–Crippen LogP) is 3.98. The third-order valence-electron chi connectivity index (χ3n) is 4.50. The fourth-order valence-electron chi connectivity index (χ4n) is 3.09. The Kier molecular flexibility index (Phi) is 5.20. The zero-order valence-electron chi connectivity index (χ0n) is 14.6. The van der Waals surface area contributed by atoms with Gasteiger partial charge in [-0.1, -0.05) is 36.4 Å². The lowest BCUT2D eigenvalue weighted by atomic mass is 10.00. The number of benzene rings is 1. The lowest BCUT2D eigenvalue weighted by Crippen LogP contribution is -2.38. The topological polar surface area (TPSA) is 76.3 Å². The van der Waals surface area contributed by atoms with Gasteiger partial charge in [-0.25, -0.2) is 8.42 Å². The van der Waals surface area contributed by atoms with Crippen LogP contribution in [0, 0.1) is 0 Å². The molecular weight excluding hydrogens is 382 g/mol. The molecule has 8 heteroatoms. The fourth-order valence-corrected chi connectivity index (χ4v) is 5.01. The van der Waals surface area contributed by atoms with Crippen molar-refractivity contribution >= 4 is 27.4 Å². The third kappa shape index (κ3) is 4.18. The molecule has 2 aromatic heterocycles. The van der Waals surface area contributed by atoms with Gasteiger partial charge >= 0.3 is 0 Å². The summed E-state index contributed by atoms with van der Waals surface area (Å²) in [5, 5.41) is 11.5. The van der Waals surface area contributed by atoms with Crippen molar-refractivity contribution in [2.45, 2.75) is 18.8 Å². The van der Waals surface area contributed by atoms with E-state index < -0.39 is 10.0 Å². The van der Waals surface area contributed by atoms with Crippen LogP contribution >= 0.6 is 11.3 Å². The summed E-state index contributed by atoms with van der Waals surface area (Å²) in [7, 11) is -3.49. The molecule has 0 bridgehead atoms. The molecular formula is C19H19N3O3S2. The summed E-state index contributed by atoms with van der Waals surface area (Å²) in [5.74, 6) is 0.911. The number of aromatic nitrogens is 2. The molecule has 3 aromatic rings. The number of rotatable bonds is 5. The second-order valence-electron chi connectivity index (χ2n) is 6.38. The van der Waals surface area contributed by atoms with Crippen molar-refractivity contribution in [3.63, 3.8) is 0 Å². The summed E-state index contributed by atoms with van der Waals surface area (Å²) in [6, 6.07) is 13.3. The Labute approximate surface area is 162 Å². The molecule has 0 radical (unpaired) electrons. The first-order chi connectivity index (χ1) is 13.1. The van der Waals surface area contributed by atoms with E-state index in [1.807, 2.05) is 47.8 Å². The third-order valence-corrected chi connectivity index (χ3v) is 6.89. The van der Waals surface area contributed by atoms with E-state index in [0.717, 1.165) is 23.3 Å². The van der Waals surface area contributed by atoms with Gasteiger partial charge in [0, 0.05) is 18.5 Å². The van der Waals surface area contributed by atoms with Crippen molar-refractivity contribution in [3.05, 3.63) is 64.7 Å². The maximum atomic E-state index is 12.7. The van der Waals surface area contributed by atoms with Crippen molar-refractivity contribution in [3.8, 4) is 10.8 Å². The SMILES string of the molecule is O=S(=O)(/C=C/c1ccccc1)N1CCC[C@@H](c2nnc(-c3cccs3)o2)C1. The zero-order chi connectivity index (χ0) is 18.7. The molecule has 0 saturated carbocycles. The van der Waals surface area contributed by atoms with Gasteiger partial charge in [0.25, 0.3) is 5.89 Å². The quantitative estimate of drug-likeness (QED) is 0.646. The molecule has 140 valence electrons. The molecule has 1 atom stereocenters. The molecule has 0 amide bonds. The average molecular weight is 402 g/mol. The van der Waals surface area contributed by atoms with Crippen LogP contribution in [0.3, 0.4) is 0 Å². The molecule has 6 nitrogen and oxygen atoms in total. The van der Waals surface area contributed by atoms with E-state index in [-0.39, 0.29) is 5.92 Å². The minimum absolute atomic E-state index is 0.0835. The van der Waals surface area contributed by atoms with Gasteiger partial charge < -0.3 is 4.42 Å². The number of piperidine rings is 1. The standard InChI is InChI=1S/C19H19N3O3S2/c23-27(24,13-10-15-6-2-1-3-7-15)22-11-4-8-16(14-22)18-20-21-19(25-18)17-9-5-12-26-17/h1-3,5-7,9-10,12-13,16H,4,8,11,14H2/b13-10+/t16-/m1/s1. The molecule has 1 fully saturated rings. The lowest BCUT2D eigenvalue weighted by Gasteiger charge is -2.29. The number of sulfonamides is 1. The molecule has 0 N–H and O–H groups in total. The van der Waals surface area contributed by atoms with Crippen LogP contribution in [-0.2, 0) is 10.0 Å². The molecule has 0 spiro atoms. The van der Waals surface area contributed by atoms with Gasteiger partial charge in [-0.3, -0.25) is 0 Å². The summed E-state index contributed by atoms with van der Waals surface area (Å²) >= 11 is 1.53. The Morgan fingerprint density at radius 3 is 2.78 bits per heavy atom. The highest BCUT2D eigenvalue weighted by atomic mass is 32.2. The summed E-state index contributed by atoms with van der Waals surface area (Å²) in [5.41, 5.74) is 0.854. The predicted molar refractivity (Wildman–Crippen MR) is 106 cm³/mol. The molecule has 1 aliphatic rings. The first-order valence-corrected chi connectivity index (χ1v) is 11.1. The van der Waals surface area contributed by atoms with Crippen LogP contribution in [0.1, 0.15) is 30.2 Å².